The van der Waals surface area contributed by atoms with Crippen LogP contribution in [0.2, 0.25) is 0 Å². The minimum Gasteiger partial charge on any atom is -0.397 e. The maximum absolute atomic E-state index is 11.9. The van der Waals surface area contributed by atoms with Crippen LogP contribution in [-0.2, 0) is 0 Å². The molecular formula is C11H12BrN3OS. The van der Waals surface area contributed by atoms with E-state index in [-0.39, 0.29) is 5.91 Å². The van der Waals surface area contributed by atoms with Crippen molar-refractivity contribution in [2.24, 2.45) is 0 Å². The summed E-state index contributed by atoms with van der Waals surface area (Å²) in [7, 11) is 3.52. The van der Waals surface area contributed by atoms with Crippen molar-refractivity contribution in [2.45, 2.75) is 0 Å². The molecular weight excluding hydrogens is 302 g/mol. The van der Waals surface area contributed by atoms with Gasteiger partial charge in [0.2, 0.25) is 0 Å². The lowest BCUT2D eigenvalue weighted by Gasteiger charge is -2.10. The molecule has 1 amide bonds. The van der Waals surface area contributed by atoms with Crippen LogP contribution in [0.5, 0.6) is 0 Å². The monoisotopic (exact) mass is 313 g/mol. The molecule has 2 rings (SSSR count). The van der Waals surface area contributed by atoms with Crippen LogP contribution in [0.25, 0.3) is 10.1 Å². The molecule has 0 saturated heterocycles. The van der Waals surface area contributed by atoms with Crippen LogP contribution in [0.3, 0.4) is 0 Å². The van der Waals surface area contributed by atoms with Gasteiger partial charge in [-0.1, -0.05) is 22.0 Å². The molecule has 0 spiro atoms. The fraction of sp³-hybridized carbons (Fsp3) is 0.182. The molecule has 6 heteroatoms. The van der Waals surface area contributed by atoms with Crippen molar-refractivity contribution < 1.29 is 4.79 Å². The van der Waals surface area contributed by atoms with Gasteiger partial charge in [0.25, 0.3) is 5.91 Å². The second kappa shape index (κ2) is 4.64. The Bertz CT molecular complexity index is 579. The number of thiophene rings is 1. The number of nitrogen functional groups attached to an aromatic ring is 1. The highest BCUT2D eigenvalue weighted by atomic mass is 79.9. The molecule has 4 nitrogen and oxygen atoms in total. The maximum Gasteiger partial charge on any atom is 0.277 e. The quantitative estimate of drug-likeness (QED) is 0.837. The first kappa shape index (κ1) is 12.3. The van der Waals surface area contributed by atoms with E-state index in [0.717, 1.165) is 14.6 Å². The molecule has 0 saturated carbocycles. The molecule has 0 aliphatic rings. The van der Waals surface area contributed by atoms with Gasteiger partial charge in [0.15, 0.2) is 0 Å². The zero-order valence-corrected chi connectivity index (χ0v) is 11.9. The molecule has 1 heterocycles. The molecule has 0 unspecified atom stereocenters. The van der Waals surface area contributed by atoms with Gasteiger partial charge >= 0.3 is 0 Å². The number of fused-ring (bicyclic) bond motifs is 1. The summed E-state index contributed by atoms with van der Waals surface area (Å²) >= 11 is 4.84. The highest BCUT2D eigenvalue weighted by Gasteiger charge is 2.17. The largest absolute Gasteiger partial charge is 0.397 e. The number of benzene rings is 1. The number of amides is 1. The van der Waals surface area contributed by atoms with Gasteiger partial charge in [-0.2, -0.15) is 0 Å². The van der Waals surface area contributed by atoms with E-state index in [9.17, 15) is 4.79 Å². The molecule has 90 valence electrons. The molecule has 0 fully saturated rings. The normalized spacial score (nSPS) is 11.1. The molecule has 0 aliphatic carbocycles. The number of nitrogens with zero attached hydrogens (tertiary/aromatic N) is 1. The third-order valence-corrected chi connectivity index (χ3v) is 4.06. The average Bonchev–Trinajstić information content (AvgIpc) is 2.56. The van der Waals surface area contributed by atoms with Crippen molar-refractivity contribution in [1.82, 2.24) is 10.4 Å². The Morgan fingerprint density at radius 3 is 2.76 bits per heavy atom. The smallest absolute Gasteiger partial charge is 0.277 e. The molecule has 3 N–H and O–H groups in total. The minimum absolute atomic E-state index is 0.180. The molecule has 0 radical (unpaired) electrons. The van der Waals surface area contributed by atoms with Gasteiger partial charge in [-0.25, -0.2) is 5.01 Å². The van der Waals surface area contributed by atoms with Crippen molar-refractivity contribution in [1.29, 1.82) is 0 Å². The number of halogens is 1. The lowest BCUT2D eigenvalue weighted by molar-refractivity contribution is 0.0862. The number of hydrogen-bond acceptors (Lipinski definition) is 4. The summed E-state index contributed by atoms with van der Waals surface area (Å²) in [6.07, 6.45) is 0. The standard InChI is InChI=1S/C11H12BrN3OS/c1-15(2)14-11(16)10-9(13)8-6(12)4-3-5-7(8)17-10/h3-5H,13H2,1-2H3,(H,14,16). The number of carbonyl (C=O) groups excluding carboxylic acids is 1. The number of rotatable bonds is 2. The Morgan fingerprint density at radius 1 is 1.47 bits per heavy atom. The van der Waals surface area contributed by atoms with E-state index in [1.807, 2.05) is 18.2 Å². The topological polar surface area (TPSA) is 58.4 Å². The zero-order chi connectivity index (χ0) is 12.6. The molecule has 1 aromatic heterocycles. The van der Waals surface area contributed by atoms with Crippen molar-refractivity contribution in [2.75, 3.05) is 19.8 Å². The first-order chi connectivity index (χ1) is 8.00. The van der Waals surface area contributed by atoms with E-state index in [1.165, 1.54) is 11.3 Å². The number of anilines is 1. The van der Waals surface area contributed by atoms with Crippen LogP contribution in [-0.4, -0.2) is 25.0 Å². The number of carbonyl (C=O) groups is 1. The van der Waals surface area contributed by atoms with E-state index in [4.69, 9.17) is 5.73 Å². The minimum atomic E-state index is -0.180. The SMILES string of the molecule is CN(C)NC(=O)c1sc2cccc(Br)c2c1N. The van der Waals surface area contributed by atoms with Gasteiger partial charge < -0.3 is 5.73 Å². The second-order valence-corrected chi connectivity index (χ2v) is 5.70. The third kappa shape index (κ3) is 2.29. The lowest BCUT2D eigenvalue weighted by atomic mass is 10.2. The van der Waals surface area contributed by atoms with Crippen LogP contribution in [0.15, 0.2) is 22.7 Å². The van der Waals surface area contributed by atoms with E-state index in [2.05, 4.69) is 21.4 Å². The highest BCUT2D eigenvalue weighted by molar-refractivity contribution is 9.10. The Labute approximate surface area is 111 Å². The predicted molar refractivity (Wildman–Crippen MR) is 75.1 cm³/mol. The van der Waals surface area contributed by atoms with E-state index in [0.29, 0.717) is 10.6 Å². The second-order valence-electron chi connectivity index (χ2n) is 3.79. The van der Waals surface area contributed by atoms with Gasteiger partial charge in [-0.15, -0.1) is 11.3 Å². The summed E-state index contributed by atoms with van der Waals surface area (Å²) in [5.74, 6) is -0.180. The summed E-state index contributed by atoms with van der Waals surface area (Å²) in [6, 6.07) is 5.79. The van der Waals surface area contributed by atoms with E-state index >= 15 is 0 Å². The van der Waals surface area contributed by atoms with Gasteiger partial charge in [-0.05, 0) is 12.1 Å². The molecule has 0 atom stereocenters. The van der Waals surface area contributed by atoms with Gasteiger partial charge in [0, 0.05) is 28.7 Å². The summed E-state index contributed by atoms with van der Waals surface area (Å²) in [5, 5.41) is 2.50. The number of hydrazine groups is 1. The van der Waals surface area contributed by atoms with E-state index < -0.39 is 0 Å². The Morgan fingerprint density at radius 2 is 2.18 bits per heavy atom. The highest BCUT2D eigenvalue weighted by Crippen LogP contribution is 2.37. The number of hydrogen-bond donors (Lipinski definition) is 2. The molecule has 0 aliphatic heterocycles. The van der Waals surface area contributed by atoms with Gasteiger partial charge in [0.1, 0.15) is 4.88 Å². The summed E-state index contributed by atoms with van der Waals surface area (Å²) in [5.41, 5.74) is 9.23. The van der Waals surface area contributed by atoms with E-state index in [1.54, 1.807) is 19.1 Å². The lowest BCUT2D eigenvalue weighted by Crippen LogP contribution is -2.35. The van der Waals surface area contributed by atoms with Gasteiger partial charge in [-0.3, -0.25) is 10.2 Å². The number of nitrogens with one attached hydrogen (secondary N) is 1. The Kier molecular flexibility index (Phi) is 3.37. The Hall–Kier alpha value is -1.11. The number of nitrogens with two attached hydrogens (primary N) is 1. The van der Waals surface area contributed by atoms with Gasteiger partial charge in [0.05, 0.1) is 5.69 Å². The van der Waals surface area contributed by atoms with Crippen molar-refractivity contribution >= 4 is 48.9 Å². The summed E-state index contributed by atoms with van der Waals surface area (Å²) in [4.78, 5) is 12.5. The zero-order valence-electron chi connectivity index (χ0n) is 9.45. The predicted octanol–water partition coefficient (Wildman–Crippen LogP) is 2.45. The summed E-state index contributed by atoms with van der Waals surface area (Å²) < 4.78 is 1.91. The van der Waals surface area contributed by atoms with Crippen LogP contribution in [0.4, 0.5) is 5.69 Å². The fourth-order valence-electron chi connectivity index (χ4n) is 1.55. The van der Waals surface area contributed by atoms with Crippen LogP contribution in [0, 0.1) is 0 Å². The van der Waals surface area contributed by atoms with Crippen LogP contribution in [0.1, 0.15) is 9.67 Å². The third-order valence-electron chi connectivity index (χ3n) is 2.23. The fourth-order valence-corrected chi connectivity index (χ4v) is 3.30. The average molecular weight is 314 g/mol. The van der Waals surface area contributed by atoms with Crippen LogP contribution < -0.4 is 11.2 Å². The molecule has 0 bridgehead atoms. The molecule has 2 aromatic rings. The molecule has 1 aromatic carbocycles. The maximum atomic E-state index is 11.9. The van der Waals surface area contributed by atoms with Crippen LogP contribution >= 0.6 is 27.3 Å². The summed E-state index contributed by atoms with van der Waals surface area (Å²) in [6.45, 7) is 0. The Balaban J connectivity index is 2.53. The van der Waals surface area contributed by atoms with Crippen molar-refractivity contribution in [3.05, 3.63) is 27.5 Å². The molecule has 17 heavy (non-hydrogen) atoms. The van der Waals surface area contributed by atoms with Crippen molar-refractivity contribution in [3.8, 4) is 0 Å². The van der Waals surface area contributed by atoms with Crippen molar-refractivity contribution in [3.63, 3.8) is 0 Å². The first-order valence-electron chi connectivity index (χ1n) is 4.95. The first-order valence-corrected chi connectivity index (χ1v) is 6.56.